The second-order valence-corrected chi connectivity index (χ2v) is 22.6. The van der Waals surface area contributed by atoms with Crippen LogP contribution in [-0.4, -0.2) is 103 Å². The van der Waals surface area contributed by atoms with Crippen molar-refractivity contribution in [3.05, 3.63) is 106 Å². The summed E-state index contributed by atoms with van der Waals surface area (Å²) in [6.45, 7) is 12.2. The van der Waals surface area contributed by atoms with E-state index in [1.807, 2.05) is 0 Å². The van der Waals surface area contributed by atoms with E-state index < -0.39 is 42.9 Å². The van der Waals surface area contributed by atoms with Crippen LogP contribution in [0.2, 0.25) is 0 Å². The first-order valence-electron chi connectivity index (χ1n) is 25.0. The van der Waals surface area contributed by atoms with Crippen molar-refractivity contribution in [2.45, 2.75) is 120 Å². The second kappa shape index (κ2) is 20.4. The summed E-state index contributed by atoms with van der Waals surface area (Å²) < 4.78 is 62.9. The van der Waals surface area contributed by atoms with Gasteiger partial charge in [0.1, 0.15) is 29.5 Å². The highest BCUT2D eigenvalue weighted by Crippen LogP contribution is 2.49. The maximum Gasteiger partial charge on any atom is 0.293 e. The van der Waals surface area contributed by atoms with Crippen LogP contribution < -0.4 is 24.4 Å². The number of methoxy groups -OCH3 is 1. The number of ether oxygens (including phenoxy) is 3. The summed E-state index contributed by atoms with van der Waals surface area (Å²) in [6.07, 6.45) is 9.09. The van der Waals surface area contributed by atoms with E-state index in [9.17, 15) is 28.4 Å². The predicted octanol–water partition coefficient (Wildman–Crippen LogP) is 9.65. The van der Waals surface area contributed by atoms with Crippen molar-refractivity contribution in [1.82, 2.24) is 19.6 Å². The van der Waals surface area contributed by atoms with Crippen LogP contribution in [0, 0.1) is 27.3 Å². The summed E-state index contributed by atoms with van der Waals surface area (Å²) in [5, 5.41) is 25.8. The fourth-order valence-corrected chi connectivity index (χ4v) is 12.2. The van der Waals surface area contributed by atoms with Gasteiger partial charge in [-0.15, -0.1) is 0 Å². The number of carbonyl (C=O) groups is 1. The Kier molecular flexibility index (Phi) is 14.4. The van der Waals surface area contributed by atoms with Crippen molar-refractivity contribution in [2.75, 3.05) is 56.7 Å². The van der Waals surface area contributed by atoms with Crippen LogP contribution in [0.15, 0.2) is 77.8 Å². The Morgan fingerprint density at radius 3 is 2.46 bits per heavy atom. The number of anilines is 2. The smallest absolute Gasteiger partial charge is 0.293 e. The van der Waals surface area contributed by atoms with Gasteiger partial charge in [0.2, 0.25) is 0 Å². The lowest BCUT2D eigenvalue weighted by atomic mass is 9.70. The minimum atomic E-state index is -4.69. The summed E-state index contributed by atoms with van der Waals surface area (Å²) in [7, 11) is -3.15. The molecular weight excluding hydrogens is 930 g/mol. The standard InChI is InChI=1S/C53H66FN7O9S/c1-33(2)38-9-6-7-10-39(38)40-11-8-12-45(40)60-31-53(32-60)21-23-59(24-22-53)36-13-15-41(47(25-36)70-48-27-42-43(54)29-56-49(42)57-51(48)69-30-34(3)68-5)50(62)58-71(66,67)37-14-16-44(46(26-37)61(64)65)55-28-35-17-19-52(4,63)20-18-35/h6-7,9-10,13-16,25-27,29,33-35,40,45,55,63H,8,11-12,17-24,28,30-32H2,1-5H3,(H,56,57)(H,58,62)/t34-,35?,40+,45?,52?/m1/s1. The normalized spacial score (nSPS) is 22.9. The van der Waals surface area contributed by atoms with E-state index in [0.29, 0.717) is 37.3 Å². The minimum Gasteiger partial charge on any atom is -0.472 e. The highest BCUT2D eigenvalue weighted by molar-refractivity contribution is 7.90. The SMILES string of the molecule is CO[C@H](C)COc1nc2[nH]cc(F)c2cc1Oc1cc(N2CCC3(CC2)CN(C2CCC[C@H]2c2ccccc2C(C)C)C3)ccc1C(=O)NS(=O)(=O)c1ccc(NCC2CCC(C)(O)CC2)c([N+](=O)[O-])c1. The van der Waals surface area contributed by atoms with E-state index in [-0.39, 0.29) is 63.7 Å². The van der Waals surface area contributed by atoms with Gasteiger partial charge in [-0.2, -0.15) is 4.98 Å². The quantitative estimate of drug-likeness (QED) is 0.0507. The number of hydrogen-bond donors (Lipinski definition) is 4. The Morgan fingerprint density at radius 1 is 1.00 bits per heavy atom. The number of piperidine rings is 1. The molecule has 3 atom stereocenters. The number of nitro benzene ring substituents is 1. The number of nitro groups is 1. The van der Waals surface area contributed by atoms with Crippen molar-refractivity contribution >= 4 is 44.0 Å². The van der Waals surface area contributed by atoms with Gasteiger partial charge >= 0.3 is 0 Å². The summed E-state index contributed by atoms with van der Waals surface area (Å²) in [5.74, 6) is -0.564. The predicted molar refractivity (Wildman–Crippen MR) is 270 cm³/mol. The molecule has 0 radical (unpaired) electrons. The molecule has 1 unspecified atom stereocenters. The number of amides is 1. The molecule has 0 bridgehead atoms. The van der Waals surface area contributed by atoms with Crippen molar-refractivity contribution in [2.24, 2.45) is 11.3 Å². The van der Waals surface area contributed by atoms with Crippen LogP contribution >= 0.6 is 0 Å². The van der Waals surface area contributed by atoms with Crippen LogP contribution in [0.25, 0.3) is 11.0 Å². The molecule has 2 aliphatic heterocycles. The van der Waals surface area contributed by atoms with Crippen LogP contribution in [0.3, 0.4) is 0 Å². The first-order chi connectivity index (χ1) is 33.9. The first kappa shape index (κ1) is 50.1. The highest BCUT2D eigenvalue weighted by atomic mass is 32.2. The lowest BCUT2D eigenvalue weighted by Gasteiger charge is -2.57. The van der Waals surface area contributed by atoms with Gasteiger partial charge in [0, 0.05) is 76.0 Å². The van der Waals surface area contributed by atoms with Gasteiger partial charge in [-0.25, -0.2) is 17.5 Å². The lowest BCUT2D eigenvalue weighted by molar-refractivity contribution is -0.384. The van der Waals surface area contributed by atoms with E-state index in [0.717, 1.165) is 69.8 Å². The number of rotatable bonds is 17. The Hall–Kier alpha value is -5.82. The maximum atomic E-state index is 15.1. The van der Waals surface area contributed by atoms with Crippen molar-refractivity contribution < 1.29 is 41.8 Å². The molecule has 4 heterocycles. The monoisotopic (exact) mass is 995 g/mol. The number of nitrogens with zero attached hydrogens (tertiary/aromatic N) is 4. The number of aromatic amines is 1. The van der Waals surface area contributed by atoms with Crippen molar-refractivity contribution in [1.29, 1.82) is 0 Å². The molecular formula is C53H66FN7O9S. The number of sulfonamides is 1. The molecule has 4 fully saturated rings. The molecule has 2 saturated heterocycles. The van der Waals surface area contributed by atoms with Gasteiger partial charge in [0.15, 0.2) is 5.75 Å². The zero-order valence-electron chi connectivity index (χ0n) is 41.2. The van der Waals surface area contributed by atoms with E-state index in [2.05, 4.69) is 67.9 Å². The third kappa shape index (κ3) is 10.9. The van der Waals surface area contributed by atoms with Crippen molar-refractivity contribution in [3.8, 4) is 17.4 Å². The zero-order valence-corrected chi connectivity index (χ0v) is 42.0. The molecule has 18 heteroatoms. The highest BCUT2D eigenvalue weighted by Gasteiger charge is 2.49. The molecule has 2 aromatic heterocycles. The molecule has 4 aliphatic rings. The Labute approximate surface area is 414 Å². The number of hydrogen-bond acceptors (Lipinski definition) is 13. The molecule has 3 aromatic carbocycles. The second-order valence-electron chi connectivity index (χ2n) is 20.9. The van der Waals surface area contributed by atoms with Gasteiger partial charge in [-0.1, -0.05) is 44.5 Å². The number of fused-ring (bicyclic) bond motifs is 1. The molecule has 2 saturated carbocycles. The number of H-pyrrole nitrogens is 1. The van der Waals surface area contributed by atoms with E-state index in [1.165, 1.54) is 61.8 Å². The number of aromatic nitrogens is 2. The summed E-state index contributed by atoms with van der Waals surface area (Å²) in [4.78, 5) is 37.6. The molecule has 71 heavy (non-hydrogen) atoms. The molecule has 5 aromatic rings. The molecule has 2 aliphatic carbocycles. The third-order valence-corrected chi connectivity index (χ3v) is 16.9. The van der Waals surface area contributed by atoms with Gasteiger partial charge in [-0.05, 0) is 124 Å². The summed E-state index contributed by atoms with van der Waals surface area (Å²) in [5.41, 5.74) is 2.84. The zero-order chi connectivity index (χ0) is 50.2. The molecule has 4 N–H and O–H groups in total. The lowest BCUT2D eigenvalue weighted by Crippen LogP contribution is -2.63. The number of benzene rings is 3. The van der Waals surface area contributed by atoms with Gasteiger partial charge < -0.3 is 34.5 Å². The third-order valence-electron chi connectivity index (χ3n) is 15.5. The van der Waals surface area contributed by atoms with Gasteiger partial charge in [-0.3, -0.25) is 19.8 Å². The topological polar surface area (TPSA) is 201 Å². The van der Waals surface area contributed by atoms with Crippen LogP contribution in [0.5, 0.6) is 17.4 Å². The molecule has 9 rings (SSSR count). The number of aliphatic hydroxyl groups is 1. The summed E-state index contributed by atoms with van der Waals surface area (Å²) >= 11 is 0. The molecule has 1 spiro atoms. The Bertz CT molecular complexity index is 2870. The number of nitrogens with one attached hydrogen (secondary N) is 3. The van der Waals surface area contributed by atoms with Crippen LogP contribution in [0.1, 0.15) is 119 Å². The largest absolute Gasteiger partial charge is 0.472 e. The van der Waals surface area contributed by atoms with E-state index >= 15 is 4.39 Å². The van der Waals surface area contributed by atoms with Crippen molar-refractivity contribution in [3.63, 3.8) is 0 Å². The Morgan fingerprint density at radius 2 is 1.75 bits per heavy atom. The molecule has 380 valence electrons. The summed E-state index contributed by atoms with van der Waals surface area (Å²) in [6, 6.07) is 19.2. The fraction of sp³-hybridized carbons (Fsp3) is 0.509. The van der Waals surface area contributed by atoms with E-state index in [4.69, 9.17) is 14.2 Å². The average Bonchev–Trinajstić information content (AvgIpc) is 3.97. The van der Waals surface area contributed by atoms with Gasteiger partial charge in [0.25, 0.3) is 27.5 Å². The Balaban J connectivity index is 0.951. The number of halogens is 1. The first-order valence-corrected chi connectivity index (χ1v) is 26.4. The molecule has 1 amide bonds. The number of carbonyl (C=O) groups excluding carboxylic acids is 1. The van der Waals surface area contributed by atoms with Crippen LogP contribution in [0.4, 0.5) is 21.5 Å². The fourth-order valence-electron chi connectivity index (χ4n) is 11.2. The number of likely N-dealkylation sites (tertiary alicyclic amines) is 1. The van der Waals surface area contributed by atoms with Crippen LogP contribution in [-0.2, 0) is 14.8 Å². The average molecular weight is 996 g/mol. The minimum absolute atomic E-state index is 0.0179. The van der Waals surface area contributed by atoms with Gasteiger partial charge in [0.05, 0.1) is 32.5 Å². The van der Waals surface area contributed by atoms with E-state index in [1.54, 1.807) is 26.0 Å². The maximum absolute atomic E-state index is 15.1. The number of pyridine rings is 1. The molecule has 16 nitrogen and oxygen atoms in total.